The Kier molecular flexibility index (Phi) is 8.91. The molecule has 3 nitrogen and oxygen atoms in total. The Labute approximate surface area is 97.8 Å². The van der Waals surface area contributed by atoms with Gasteiger partial charge in [-0.3, -0.25) is 4.79 Å². The number of carbonyl (C=O) groups excluding carboxylic acids is 1. The molecule has 0 radical (unpaired) electrons. The molecule has 0 bridgehead atoms. The van der Waals surface area contributed by atoms with Crippen LogP contribution in [0.1, 0.15) is 32.6 Å². The molecule has 0 aliphatic rings. The molecule has 0 spiro atoms. The maximum absolute atomic E-state index is 11.7. The zero-order valence-electron chi connectivity index (χ0n) is 10.2. The Morgan fingerprint density at radius 2 is 2.13 bits per heavy atom. The maximum atomic E-state index is 11.7. The fourth-order valence-electron chi connectivity index (χ4n) is 1.36. The Bertz CT molecular complexity index is 176. The minimum atomic E-state index is -0.316. The van der Waals surface area contributed by atoms with E-state index < -0.39 is 0 Å². The Hall–Kier alpha value is -0.220. The number of amides is 1. The van der Waals surface area contributed by atoms with E-state index in [2.05, 4.69) is 6.92 Å². The van der Waals surface area contributed by atoms with Crippen molar-refractivity contribution in [3.05, 3.63) is 0 Å². The van der Waals surface area contributed by atoms with Crippen molar-refractivity contribution in [2.24, 2.45) is 5.73 Å². The first-order valence-electron chi connectivity index (χ1n) is 5.63. The topological polar surface area (TPSA) is 46.3 Å². The van der Waals surface area contributed by atoms with Crippen LogP contribution in [0.2, 0.25) is 0 Å². The van der Waals surface area contributed by atoms with Crippen LogP contribution in [-0.2, 0) is 4.79 Å². The molecule has 90 valence electrons. The second-order valence-corrected chi connectivity index (χ2v) is 4.84. The molecular formula is C11H24N2OS. The number of rotatable bonds is 8. The zero-order chi connectivity index (χ0) is 11.7. The molecular weight excluding hydrogens is 208 g/mol. The Balaban J connectivity index is 3.75. The Morgan fingerprint density at radius 3 is 2.67 bits per heavy atom. The number of carbonyl (C=O) groups is 1. The summed E-state index contributed by atoms with van der Waals surface area (Å²) in [5, 5.41) is 0. The van der Waals surface area contributed by atoms with Crippen molar-refractivity contribution in [1.82, 2.24) is 4.90 Å². The predicted octanol–water partition coefficient (Wildman–Crippen LogP) is 1.72. The molecule has 15 heavy (non-hydrogen) atoms. The van der Waals surface area contributed by atoms with Crippen LogP contribution in [0.3, 0.4) is 0 Å². The first-order chi connectivity index (χ1) is 7.13. The molecule has 0 fully saturated rings. The van der Waals surface area contributed by atoms with Gasteiger partial charge in [0, 0.05) is 13.6 Å². The molecule has 4 heteroatoms. The summed E-state index contributed by atoms with van der Waals surface area (Å²) in [7, 11) is 1.84. The number of hydrogen-bond donors (Lipinski definition) is 1. The molecule has 0 aromatic heterocycles. The van der Waals surface area contributed by atoms with Gasteiger partial charge in [-0.2, -0.15) is 11.8 Å². The van der Waals surface area contributed by atoms with Crippen LogP contribution in [0.5, 0.6) is 0 Å². The van der Waals surface area contributed by atoms with Crippen LogP contribution in [0, 0.1) is 0 Å². The summed E-state index contributed by atoms with van der Waals surface area (Å²) in [6.07, 6.45) is 6.24. The zero-order valence-corrected chi connectivity index (χ0v) is 11.0. The summed E-state index contributed by atoms with van der Waals surface area (Å²) < 4.78 is 0. The highest BCUT2D eigenvalue weighted by molar-refractivity contribution is 7.98. The number of nitrogens with zero attached hydrogens (tertiary/aromatic N) is 1. The molecule has 1 amide bonds. The van der Waals surface area contributed by atoms with Gasteiger partial charge in [0.25, 0.3) is 0 Å². The fourth-order valence-corrected chi connectivity index (χ4v) is 1.85. The van der Waals surface area contributed by atoms with Crippen LogP contribution < -0.4 is 5.73 Å². The van der Waals surface area contributed by atoms with Gasteiger partial charge in [0.2, 0.25) is 5.91 Å². The van der Waals surface area contributed by atoms with Gasteiger partial charge in [-0.05, 0) is 24.9 Å². The lowest BCUT2D eigenvalue weighted by Gasteiger charge is -2.21. The highest BCUT2D eigenvalue weighted by Crippen LogP contribution is 2.03. The number of nitrogens with two attached hydrogens (primary N) is 1. The van der Waals surface area contributed by atoms with E-state index in [1.54, 1.807) is 16.7 Å². The molecule has 0 aliphatic carbocycles. The van der Waals surface area contributed by atoms with Crippen molar-refractivity contribution >= 4 is 17.7 Å². The van der Waals surface area contributed by atoms with E-state index in [9.17, 15) is 4.79 Å². The lowest BCUT2D eigenvalue weighted by Crippen LogP contribution is -2.42. The van der Waals surface area contributed by atoms with Crippen LogP contribution in [0.4, 0.5) is 0 Å². The molecule has 1 atom stereocenters. The molecule has 0 aromatic carbocycles. The average Bonchev–Trinajstić information content (AvgIpc) is 2.24. The average molecular weight is 232 g/mol. The number of unbranched alkanes of at least 4 members (excludes halogenated alkanes) is 2. The fraction of sp³-hybridized carbons (Fsp3) is 0.909. The van der Waals surface area contributed by atoms with Crippen LogP contribution in [-0.4, -0.2) is 42.4 Å². The van der Waals surface area contributed by atoms with E-state index in [0.717, 1.165) is 25.1 Å². The third-order valence-corrected chi connectivity index (χ3v) is 3.07. The second kappa shape index (κ2) is 9.04. The summed E-state index contributed by atoms with van der Waals surface area (Å²) in [6, 6.07) is -0.316. The van der Waals surface area contributed by atoms with Crippen molar-refractivity contribution < 1.29 is 4.79 Å². The van der Waals surface area contributed by atoms with Crippen molar-refractivity contribution in [3.8, 4) is 0 Å². The van der Waals surface area contributed by atoms with Gasteiger partial charge in [-0.1, -0.05) is 19.8 Å². The third kappa shape index (κ3) is 6.79. The molecule has 0 aliphatic heterocycles. The maximum Gasteiger partial charge on any atom is 0.239 e. The molecule has 0 heterocycles. The summed E-state index contributed by atoms with van der Waals surface area (Å²) in [6.45, 7) is 2.99. The van der Waals surface area contributed by atoms with E-state index in [0.29, 0.717) is 0 Å². The SMILES string of the molecule is CCCCCN(C)C(=O)[C@@H](N)CCSC. The van der Waals surface area contributed by atoms with Gasteiger partial charge in [-0.25, -0.2) is 0 Å². The van der Waals surface area contributed by atoms with Crippen molar-refractivity contribution in [2.45, 2.75) is 38.6 Å². The monoisotopic (exact) mass is 232 g/mol. The first-order valence-corrected chi connectivity index (χ1v) is 7.02. The lowest BCUT2D eigenvalue weighted by atomic mass is 10.2. The Morgan fingerprint density at radius 1 is 1.47 bits per heavy atom. The molecule has 0 saturated heterocycles. The molecule has 0 aromatic rings. The van der Waals surface area contributed by atoms with Gasteiger partial charge in [0.1, 0.15) is 0 Å². The minimum absolute atomic E-state index is 0.0835. The molecule has 0 saturated carbocycles. The van der Waals surface area contributed by atoms with Crippen LogP contribution >= 0.6 is 11.8 Å². The largest absolute Gasteiger partial charge is 0.344 e. The lowest BCUT2D eigenvalue weighted by molar-refractivity contribution is -0.131. The van der Waals surface area contributed by atoms with Crippen molar-refractivity contribution in [1.29, 1.82) is 0 Å². The summed E-state index contributed by atoms with van der Waals surface area (Å²) >= 11 is 1.73. The number of thioether (sulfide) groups is 1. The number of hydrogen-bond acceptors (Lipinski definition) is 3. The van der Waals surface area contributed by atoms with Gasteiger partial charge >= 0.3 is 0 Å². The number of likely N-dealkylation sites (N-methyl/N-ethyl adjacent to an activating group) is 1. The summed E-state index contributed by atoms with van der Waals surface area (Å²) in [5.74, 6) is 1.04. The third-order valence-electron chi connectivity index (χ3n) is 2.42. The van der Waals surface area contributed by atoms with Crippen LogP contribution in [0.25, 0.3) is 0 Å². The summed E-state index contributed by atoms with van der Waals surface area (Å²) in [4.78, 5) is 13.5. The van der Waals surface area contributed by atoms with E-state index in [4.69, 9.17) is 5.73 Å². The quantitative estimate of drug-likeness (QED) is 0.648. The highest BCUT2D eigenvalue weighted by atomic mass is 32.2. The van der Waals surface area contributed by atoms with Gasteiger partial charge in [0.05, 0.1) is 6.04 Å². The van der Waals surface area contributed by atoms with E-state index in [1.807, 2.05) is 13.3 Å². The standard InChI is InChI=1S/C11H24N2OS/c1-4-5-6-8-13(2)11(14)10(12)7-9-15-3/h10H,4-9,12H2,1-3H3/t10-/m0/s1. The van der Waals surface area contributed by atoms with Crippen LogP contribution in [0.15, 0.2) is 0 Å². The summed E-state index contributed by atoms with van der Waals surface area (Å²) in [5.41, 5.74) is 5.80. The van der Waals surface area contributed by atoms with Gasteiger partial charge in [0.15, 0.2) is 0 Å². The molecule has 0 rings (SSSR count). The second-order valence-electron chi connectivity index (χ2n) is 3.85. The highest BCUT2D eigenvalue weighted by Gasteiger charge is 2.16. The van der Waals surface area contributed by atoms with Crippen molar-refractivity contribution in [3.63, 3.8) is 0 Å². The van der Waals surface area contributed by atoms with Gasteiger partial charge < -0.3 is 10.6 Å². The molecule has 0 unspecified atom stereocenters. The minimum Gasteiger partial charge on any atom is -0.344 e. The normalized spacial score (nSPS) is 12.5. The van der Waals surface area contributed by atoms with Gasteiger partial charge in [-0.15, -0.1) is 0 Å². The van der Waals surface area contributed by atoms with E-state index >= 15 is 0 Å². The predicted molar refractivity (Wildman–Crippen MR) is 68.1 cm³/mol. The smallest absolute Gasteiger partial charge is 0.239 e. The molecule has 2 N–H and O–H groups in total. The van der Waals surface area contributed by atoms with E-state index in [-0.39, 0.29) is 11.9 Å². The first kappa shape index (κ1) is 14.8. The van der Waals surface area contributed by atoms with Crippen molar-refractivity contribution in [2.75, 3.05) is 25.6 Å². The van der Waals surface area contributed by atoms with E-state index in [1.165, 1.54) is 12.8 Å².